The number of thiocarbonyl (C=S) groups is 1. The summed E-state index contributed by atoms with van der Waals surface area (Å²) in [5.41, 5.74) is 5.66. The first kappa shape index (κ1) is 39.9. The summed E-state index contributed by atoms with van der Waals surface area (Å²) in [5, 5.41) is 9.70. The van der Waals surface area contributed by atoms with Crippen molar-refractivity contribution in [2.75, 3.05) is 18.5 Å². The van der Waals surface area contributed by atoms with Gasteiger partial charge in [-0.3, -0.25) is 0 Å². The molecule has 1 aromatic heterocycles. The first-order valence-corrected chi connectivity index (χ1v) is 19.6. The van der Waals surface area contributed by atoms with E-state index in [1.165, 1.54) is 5.01 Å². The summed E-state index contributed by atoms with van der Waals surface area (Å²) in [6.07, 6.45) is 13.0. The van der Waals surface area contributed by atoms with Gasteiger partial charge in [-0.1, -0.05) is 28.1 Å². The third-order valence-corrected chi connectivity index (χ3v) is 12.0. The molecule has 0 saturated heterocycles. The number of fused-ring (bicyclic) bond motifs is 6. The summed E-state index contributed by atoms with van der Waals surface area (Å²) in [6.45, 7) is 13.1. The number of amides is 2. The van der Waals surface area contributed by atoms with Crippen LogP contribution in [0.4, 0.5) is 9.59 Å². The van der Waals surface area contributed by atoms with E-state index >= 15 is 0 Å². The lowest BCUT2D eigenvalue weighted by atomic mass is 9.58. The molecule has 4 N–H and O–H groups in total. The molecule has 0 atom stereocenters. The zero-order valence-corrected chi connectivity index (χ0v) is 32.4. The lowest BCUT2D eigenvalue weighted by Crippen LogP contribution is -2.53. The maximum atomic E-state index is 11.9. The fourth-order valence-corrected chi connectivity index (χ4v) is 8.83. The Morgan fingerprint density at radius 2 is 1.28 bits per heavy atom. The molecule has 6 fully saturated rings. The molecular formula is C34H57BrN4O6S2. The monoisotopic (exact) mass is 760 g/mol. The van der Waals surface area contributed by atoms with Crippen LogP contribution in [-0.2, 0) is 24.4 Å². The summed E-state index contributed by atoms with van der Waals surface area (Å²) in [5.74, 6) is 0. The molecule has 1 heterocycles. The predicted molar refractivity (Wildman–Crippen MR) is 194 cm³/mol. The van der Waals surface area contributed by atoms with Gasteiger partial charge in [-0.05, 0) is 119 Å². The van der Waals surface area contributed by atoms with Crippen molar-refractivity contribution in [3.8, 4) is 0 Å². The molecule has 2 amide bonds. The Bertz CT molecular complexity index is 1100. The molecule has 0 aliphatic heterocycles. The Morgan fingerprint density at radius 1 is 0.851 bits per heavy atom. The smallest absolute Gasteiger partial charge is 0.407 e. The lowest BCUT2D eigenvalue weighted by Gasteiger charge is -2.52. The molecular weight excluding hydrogens is 704 g/mol. The Labute approximate surface area is 299 Å². The van der Waals surface area contributed by atoms with E-state index in [-0.39, 0.29) is 52.6 Å². The fourth-order valence-electron chi connectivity index (χ4n) is 7.22. The van der Waals surface area contributed by atoms with Crippen molar-refractivity contribution in [1.82, 2.24) is 15.6 Å². The molecule has 47 heavy (non-hydrogen) atoms. The Hall–Kier alpha value is -1.54. The minimum absolute atomic E-state index is 0.0367. The van der Waals surface area contributed by atoms with Gasteiger partial charge in [0.25, 0.3) is 0 Å². The van der Waals surface area contributed by atoms with E-state index < -0.39 is 0 Å². The van der Waals surface area contributed by atoms with Crippen molar-refractivity contribution in [2.45, 2.75) is 154 Å². The number of aromatic nitrogens is 1. The molecule has 6 saturated carbocycles. The van der Waals surface area contributed by atoms with Crippen molar-refractivity contribution >= 4 is 56.7 Å². The van der Waals surface area contributed by atoms with Gasteiger partial charge in [0.05, 0.1) is 15.3 Å². The minimum Gasteiger partial charge on any atom is -0.443 e. The largest absolute Gasteiger partial charge is 0.443 e. The van der Waals surface area contributed by atoms with Gasteiger partial charge in [-0.2, -0.15) is 0 Å². The number of nitrogens with one attached hydrogen (secondary N) is 2. The highest BCUT2D eigenvalue weighted by Crippen LogP contribution is 2.56. The first-order chi connectivity index (χ1) is 22.3. The van der Waals surface area contributed by atoms with Crippen molar-refractivity contribution in [3.63, 3.8) is 0 Å². The highest BCUT2D eigenvalue weighted by atomic mass is 79.9. The van der Waals surface area contributed by atoms with Gasteiger partial charge < -0.3 is 35.3 Å². The number of alkyl carbamates (subject to hydrolysis) is 2. The molecule has 1 aromatic rings. The first-order valence-electron chi connectivity index (χ1n) is 17.2. The topological polar surface area (TPSA) is 134 Å². The average Bonchev–Trinajstić information content (AvgIpc) is 3.58. The van der Waals surface area contributed by atoms with Gasteiger partial charge in [-0.15, -0.1) is 11.3 Å². The van der Waals surface area contributed by atoms with Gasteiger partial charge in [0.2, 0.25) is 0 Å². The number of rotatable bonds is 11. The zero-order chi connectivity index (χ0) is 34.7. The standard InChI is InChI=1S/C15H22N2O2S.C13H22N2O2S.C6H13BrO2/c1-11(2)17-13(18)19-15-6-3-14(4-7-15,5-8-15)12-16-9-10-20-12;1-9(2)15-11(16)17-13-6-3-12(4-7-13,5-8-13)10(14)18;1-3-8-6(5-7)9-4-2/h9-11H,3-8H2,1-2H3,(H,17,18);9H,3-8H2,1-2H3,(H2,14,18)(H,15,16);6H,3-5H2,1-2H3. The van der Waals surface area contributed by atoms with Crippen molar-refractivity contribution in [1.29, 1.82) is 0 Å². The summed E-state index contributed by atoms with van der Waals surface area (Å²) in [6, 6.07) is 0.234. The molecule has 6 aliphatic rings. The number of carbonyl (C=O) groups excluding carboxylic acids is 2. The quantitative estimate of drug-likeness (QED) is 0.117. The maximum absolute atomic E-state index is 11.9. The third-order valence-electron chi connectivity index (χ3n) is 10.0. The number of thiazole rings is 1. The summed E-state index contributed by atoms with van der Waals surface area (Å²) >= 11 is 10.2. The second-order valence-electron chi connectivity index (χ2n) is 14.0. The zero-order valence-electron chi connectivity index (χ0n) is 29.2. The van der Waals surface area contributed by atoms with Crippen LogP contribution in [0.25, 0.3) is 0 Å². The number of hydrogen-bond donors (Lipinski definition) is 3. The van der Waals surface area contributed by atoms with Gasteiger partial charge in [0.1, 0.15) is 11.2 Å². The van der Waals surface area contributed by atoms with Crippen LogP contribution in [0, 0.1) is 5.41 Å². The van der Waals surface area contributed by atoms with Gasteiger partial charge in [0.15, 0.2) is 6.29 Å². The van der Waals surface area contributed by atoms with Gasteiger partial charge >= 0.3 is 12.2 Å². The van der Waals surface area contributed by atoms with E-state index in [0.29, 0.717) is 18.2 Å². The van der Waals surface area contributed by atoms with Crippen LogP contribution in [0.2, 0.25) is 0 Å². The minimum atomic E-state index is -0.297. The summed E-state index contributed by atoms with van der Waals surface area (Å²) in [4.78, 5) is 28.8. The second kappa shape index (κ2) is 17.9. The van der Waals surface area contributed by atoms with E-state index in [9.17, 15) is 9.59 Å². The van der Waals surface area contributed by atoms with Crippen LogP contribution < -0.4 is 16.4 Å². The summed E-state index contributed by atoms with van der Waals surface area (Å²) < 4.78 is 21.8. The number of nitrogens with two attached hydrogens (primary N) is 1. The molecule has 13 heteroatoms. The average molecular weight is 762 g/mol. The van der Waals surface area contributed by atoms with Crippen LogP contribution in [0.5, 0.6) is 0 Å². The Balaban J connectivity index is 0.000000206. The molecule has 7 rings (SSSR count). The molecule has 10 nitrogen and oxygen atoms in total. The predicted octanol–water partition coefficient (Wildman–Crippen LogP) is 7.90. The molecule has 0 spiro atoms. The highest BCUT2D eigenvalue weighted by Gasteiger charge is 2.53. The normalized spacial score (nSPS) is 29.0. The summed E-state index contributed by atoms with van der Waals surface area (Å²) in [7, 11) is 0. The number of ether oxygens (including phenoxy) is 4. The van der Waals surface area contributed by atoms with Crippen molar-refractivity contribution in [3.05, 3.63) is 16.6 Å². The van der Waals surface area contributed by atoms with Crippen LogP contribution in [0.15, 0.2) is 11.6 Å². The van der Waals surface area contributed by atoms with E-state index in [1.54, 1.807) is 11.3 Å². The van der Waals surface area contributed by atoms with Crippen LogP contribution >= 0.6 is 39.5 Å². The Morgan fingerprint density at radius 3 is 1.60 bits per heavy atom. The van der Waals surface area contributed by atoms with Gasteiger partial charge in [-0.25, -0.2) is 14.6 Å². The third kappa shape index (κ3) is 11.0. The van der Waals surface area contributed by atoms with Crippen molar-refractivity contribution in [2.24, 2.45) is 11.1 Å². The van der Waals surface area contributed by atoms with E-state index in [2.05, 4.69) is 36.9 Å². The van der Waals surface area contributed by atoms with E-state index in [4.69, 9.17) is 36.9 Å². The maximum Gasteiger partial charge on any atom is 0.407 e. The lowest BCUT2D eigenvalue weighted by molar-refractivity contribution is -0.119. The molecule has 0 unspecified atom stereocenters. The second-order valence-corrected chi connectivity index (χ2v) is 16.0. The van der Waals surface area contributed by atoms with Crippen LogP contribution in [-0.4, -0.2) is 70.3 Å². The van der Waals surface area contributed by atoms with E-state index in [1.807, 2.05) is 47.7 Å². The van der Waals surface area contributed by atoms with Crippen LogP contribution in [0.3, 0.4) is 0 Å². The molecule has 0 aromatic carbocycles. The molecule has 268 valence electrons. The van der Waals surface area contributed by atoms with Gasteiger partial charge in [0, 0.05) is 47.7 Å². The molecule has 6 aliphatic carbocycles. The van der Waals surface area contributed by atoms with Crippen LogP contribution in [0.1, 0.15) is 124 Å². The number of halogens is 1. The SMILES string of the molecule is CC(C)NC(=O)OC12CCC(C(N)=S)(CC1)CC2.CC(C)NC(=O)OC12CCC(c3nccs3)(CC1)CC2.CCOC(CBr)OCC. The van der Waals surface area contributed by atoms with Crippen molar-refractivity contribution < 1.29 is 28.5 Å². The number of alkyl halides is 1. The molecule has 4 bridgehead atoms. The fraction of sp³-hybridized carbons (Fsp3) is 0.824. The number of carbonyl (C=O) groups is 2. The number of hydrogen-bond acceptors (Lipinski definition) is 9. The number of nitrogens with zero attached hydrogens (tertiary/aromatic N) is 1. The molecule has 0 radical (unpaired) electrons. The Kier molecular flexibility index (Phi) is 15.2. The highest BCUT2D eigenvalue weighted by molar-refractivity contribution is 9.09. The van der Waals surface area contributed by atoms with E-state index in [0.717, 1.165) is 82.4 Å².